The van der Waals surface area contributed by atoms with Gasteiger partial charge in [0.25, 0.3) is 0 Å². The number of fused-ring (bicyclic) bond motifs is 1. The summed E-state index contributed by atoms with van der Waals surface area (Å²) < 4.78 is 7.43. The molecule has 0 radical (unpaired) electrons. The summed E-state index contributed by atoms with van der Waals surface area (Å²) in [5, 5.41) is 0. The molecule has 0 aliphatic carbocycles. The third-order valence-corrected chi connectivity index (χ3v) is 5.73. The fourth-order valence-electron chi connectivity index (χ4n) is 4.55. The number of likely N-dealkylation sites (tertiary alicyclic amines) is 2. The minimum absolute atomic E-state index is 0.512. The number of aryl methyl sites for hydroxylation is 1. The van der Waals surface area contributed by atoms with Gasteiger partial charge in [0, 0.05) is 45.5 Å². The molecule has 2 aliphatic rings. The van der Waals surface area contributed by atoms with Crippen LogP contribution in [0.1, 0.15) is 17.3 Å². The Balaban J connectivity index is 1.49. The Labute approximate surface area is 143 Å². The Morgan fingerprint density at radius 2 is 1.92 bits per heavy atom. The van der Waals surface area contributed by atoms with Crippen molar-refractivity contribution in [2.24, 2.45) is 18.9 Å². The molecule has 0 spiro atoms. The van der Waals surface area contributed by atoms with Crippen molar-refractivity contribution >= 4 is 0 Å². The second-order valence-corrected chi connectivity index (χ2v) is 7.27. The monoisotopic (exact) mass is 326 g/mol. The topological polar surface area (TPSA) is 33.5 Å². The molecule has 3 heterocycles. The van der Waals surface area contributed by atoms with Crippen LogP contribution in [0, 0.1) is 11.8 Å². The lowest BCUT2D eigenvalue weighted by molar-refractivity contribution is 0.222. The van der Waals surface area contributed by atoms with Crippen molar-refractivity contribution in [1.29, 1.82) is 0 Å². The van der Waals surface area contributed by atoms with Crippen LogP contribution in [0.2, 0.25) is 0 Å². The number of hydrogen-bond donors (Lipinski definition) is 0. The van der Waals surface area contributed by atoms with Crippen LogP contribution in [0.5, 0.6) is 5.75 Å². The lowest BCUT2D eigenvalue weighted by atomic mass is 9.89. The van der Waals surface area contributed by atoms with Gasteiger partial charge >= 0.3 is 0 Å². The fourth-order valence-corrected chi connectivity index (χ4v) is 4.55. The van der Waals surface area contributed by atoms with Gasteiger partial charge in [0.1, 0.15) is 5.75 Å². The van der Waals surface area contributed by atoms with Crippen molar-refractivity contribution < 1.29 is 4.74 Å². The zero-order valence-electron chi connectivity index (χ0n) is 14.7. The van der Waals surface area contributed by atoms with E-state index in [2.05, 4.69) is 57.7 Å². The van der Waals surface area contributed by atoms with E-state index >= 15 is 0 Å². The lowest BCUT2D eigenvalue weighted by Crippen LogP contribution is -2.29. The van der Waals surface area contributed by atoms with E-state index in [1.165, 1.54) is 24.3 Å². The third kappa shape index (κ3) is 2.72. The molecule has 2 aromatic rings. The van der Waals surface area contributed by atoms with Gasteiger partial charge < -0.3 is 9.30 Å². The fraction of sp³-hybridized carbons (Fsp3) is 0.526. The SMILES string of the molecule is COc1ccc([C@H]2[C@@H]3CN(Cc4cncn4C)C[C@@H]3CN2C)cc1. The molecular formula is C19H26N4O. The van der Waals surface area contributed by atoms with Crippen LogP contribution in [0.25, 0.3) is 0 Å². The first-order valence-corrected chi connectivity index (χ1v) is 8.67. The molecule has 1 aromatic carbocycles. The highest BCUT2D eigenvalue weighted by atomic mass is 16.5. The molecule has 5 nitrogen and oxygen atoms in total. The van der Waals surface area contributed by atoms with E-state index in [-0.39, 0.29) is 0 Å². The van der Waals surface area contributed by atoms with Gasteiger partial charge in [-0.15, -0.1) is 0 Å². The second-order valence-electron chi connectivity index (χ2n) is 7.27. The molecule has 4 rings (SSSR count). The van der Waals surface area contributed by atoms with Gasteiger partial charge in [-0.1, -0.05) is 12.1 Å². The van der Waals surface area contributed by atoms with E-state index in [0.29, 0.717) is 12.0 Å². The summed E-state index contributed by atoms with van der Waals surface area (Å²) in [5.74, 6) is 2.40. The van der Waals surface area contributed by atoms with Gasteiger partial charge in [0.05, 0.1) is 19.1 Å². The van der Waals surface area contributed by atoms with Crippen molar-refractivity contribution in [1.82, 2.24) is 19.4 Å². The molecule has 2 fully saturated rings. The standard InChI is InChI=1S/C19H26N4O/c1-21-9-15-10-23(11-16-8-20-13-22(16)2)12-18(15)19(21)14-4-6-17(24-3)7-5-14/h4-8,13,15,18-19H,9-12H2,1-3H3/t15-,18+,19-/m0/s1. The maximum absolute atomic E-state index is 5.30. The zero-order chi connectivity index (χ0) is 16.7. The maximum Gasteiger partial charge on any atom is 0.118 e. The van der Waals surface area contributed by atoms with Crippen molar-refractivity contribution in [3.05, 3.63) is 48.0 Å². The van der Waals surface area contributed by atoms with E-state index in [1.807, 2.05) is 12.5 Å². The average molecular weight is 326 g/mol. The molecule has 0 N–H and O–H groups in total. The van der Waals surface area contributed by atoms with Crippen molar-refractivity contribution in [2.45, 2.75) is 12.6 Å². The average Bonchev–Trinajstić information content (AvgIpc) is 3.23. The molecule has 0 amide bonds. The Kier molecular flexibility index (Phi) is 4.06. The largest absolute Gasteiger partial charge is 0.497 e. The van der Waals surface area contributed by atoms with Crippen LogP contribution in [-0.2, 0) is 13.6 Å². The van der Waals surface area contributed by atoms with Gasteiger partial charge in [0.2, 0.25) is 0 Å². The second kappa shape index (κ2) is 6.22. The van der Waals surface area contributed by atoms with Gasteiger partial charge in [0.15, 0.2) is 0 Å². The van der Waals surface area contributed by atoms with E-state index in [0.717, 1.165) is 24.8 Å². The summed E-state index contributed by atoms with van der Waals surface area (Å²) in [6.45, 7) is 4.54. The summed E-state index contributed by atoms with van der Waals surface area (Å²) in [6.07, 6.45) is 3.88. The first kappa shape index (κ1) is 15.7. The smallest absolute Gasteiger partial charge is 0.118 e. The molecule has 0 saturated carbocycles. The Bertz CT molecular complexity index is 696. The molecule has 1 aromatic heterocycles. The molecule has 2 aliphatic heterocycles. The summed E-state index contributed by atoms with van der Waals surface area (Å²) in [6, 6.07) is 9.13. The van der Waals surface area contributed by atoms with Gasteiger partial charge in [-0.3, -0.25) is 9.80 Å². The normalized spacial score (nSPS) is 27.5. The summed E-state index contributed by atoms with van der Waals surface area (Å²) >= 11 is 0. The quantitative estimate of drug-likeness (QED) is 0.862. The molecule has 3 atom stereocenters. The molecule has 5 heteroatoms. The number of benzene rings is 1. The number of methoxy groups -OCH3 is 1. The minimum atomic E-state index is 0.512. The van der Waals surface area contributed by atoms with Gasteiger partial charge in [-0.05, 0) is 36.6 Å². The summed E-state index contributed by atoms with van der Waals surface area (Å²) in [5.41, 5.74) is 2.71. The Morgan fingerprint density at radius 1 is 1.12 bits per heavy atom. The number of rotatable bonds is 4. The number of aromatic nitrogens is 2. The third-order valence-electron chi connectivity index (χ3n) is 5.73. The Morgan fingerprint density at radius 3 is 2.58 bits per heavy atom. The molecule has 0 bridgehead atoms. The minimum Gasteiger partial charge on any atom is -0.497 e. The number of imidazole rings is 1. The van der Waals surface area contributed by atoms with Crippen LogP contribution in [0.4, 0.5) is 0 Å². The van der Waals surface area contributed by atoms with Gasteiger partial charge in [-0.25, -0.2) is 4.98 Å². The number of ether oxygens (including phenoxy) is 1. The van der Waals surface area contributed by atoms with Crippen molar-refractivity contribution in [2.75, 3.05) is 33.8 Å². The lowest BCUT2D eigenvalue weighted by Gasteiger charge is -2.27. The van der Waals surface area contributed by atoms with Crippen LogP contribution in [0.15, 0.2) is 36.8 Å². The zero-order valence-corrected chi connectivity index (χ0v) is 14.7. The molecule has 2 saturated heterocycles. The first-order chi connectivity index (χ1) is 11.7. The van der Waals surface area contributed by atoms with Crippen LogP contribution >= 0.6 is 0 Å². The highest BCUT2D eigenvalue weighted by molar-refractivity contribution is 5.30. The maximum atomic E-state index is 5.30. The molecule has 0 unspecified atom stereocenters. The molecular weight excluding hydrogens is 300 g/mol. The predicted octanol–water partition coefficient (Wildman–Crippen LogP) is 2.16. The van der Waals surface area contributed by atoms with Crippen LogP contribution < -0.4 is 4.74 Å². The van der Waals surface area contributed by atoms with Gasteiger partial charge in [-0.2, -0.15) is 0 Å². The van der Waals surface area contributed by atoms with Crippen LogP contribution in [-0.4, -0.2) is 53.1 Å². The van der Waals surface area contributed by atoms with Crippen molar-refractivity contribution in [3.8, 4) is 5.75 Å². The predicted molar refractivity (Wildman–Crippen MR) is 93.8 cm³/mol. The Hall–Kier alpha value is -1.85. The van der Waals surface area contributed by atoms with E-state index in [1.54, 1.807) is 7.11 Å². The van der Waals surface area contributed by atoms with E-state index in [4.69, 9.17) is 4.74 Å². The first-order valence-electron chi connectivity index (χ1n) is 8.67. The summed E-state index contributed by atoms with van der Waals surface area (Å²) in [4.78, 5) is 9.36. The summed E-state index contributed by atoms with van der Waals surface area (Å²) in [7, 11) is 6.06. The van der Waals surface area contributed by atoms with Crippen LogP contribution in [0.3, 0.4) is 0 Å². The molecule has 128 valence electrons. The highest BCUT2D eigenvalue weighted by Crippen LogP contribution is 2.44. The van der Waals surface area contributed by atoms with Crippen molar-refractivity contribution in [3.63, 3.8) is 0 Å². The molecule has 24 heavy (non-hydrogen) atoms. The van der Waals surface area contributed by atoms with E-state index in [9.17, 15) is 0 Å². The number of nitrogens with zero attached hydrogens (tertiary/aromatic N) is 4. The van der Waals surface area contributed by atoms with E-state index < -0.39 is 0 Å². The number of hydrogen-bond acceptors (Lipinski definition) is 4. The highest BCUT2D eigenvalue weighted by Gasteiger charge is 2.45.